The van der Waals surface area contributed by atoms with E-state index in [4.69, 9.17) is 16.2 Å². The molecule has 18 heavy (non-hydrogen) atoms. The first-order chi connectivity index (χ1) is 8.08. The minimum atomic E-state index is -4.26. The molecule has 0 heterocycles. The lowest BCUT2D eigenvalue weighted by molar-refractivity contribution is -0.146. The maximum atomic E-state index is 12.2. The van der Waals surface area contributed by atoms with Gasteiger partial charge in [0.05, 0.1) is 19.0 Å². The quantitative estimate of drug-likeness (QED) is 0.463. The first-order valence-electron chi connectivity index (χ1n) is 5.83. The third-order valence-corrected chi connectivity index (χ3v) is 2.82. The summed E-state index contributed by atoms with van der Waals surface area (Å²) in [7, 11) is 0. The van der Waals surface area contributed by atoms with Crippen molar-refractivity contribution in [2.45, 2.75) is 32.9 Å². The van der Waals surface area contributed by atoms with Crippen molar-refractivity contribution in [3.05, 3.63) is 0 Å². The number of halogens is 3. The molecule has 0 radical (unpaired) electrons. The van der Waals surface area contributed by atoms with Crippen LogP contribution in [0.4, 0.5) is 13.2 Å². The first-order valence-corrected chi connectivity index (χ1v) is 5.83. The number of nitrogens with one attached hydrogen (secondary N) is 1. The summed E-state index contributed by atoms with van der Waals surface area (Å²) < 4.78 is 36.7. The molecule has 0 bridgehead atoms. The zero-order valence-electron chi connectivity index (χ0n) is 10.8. The van der Waals surface area contributed by atoms with Crippen molar-refractivity contribution in [1.29, 1.82) is 5.41 Å². The third-order valence-electron chi connectivity index (χ3n) is 2.82. The molecule has 0 saturated heterocycles. The number of hydrogen-bond acceptors (Lipinski definition) is 3. The minimum absolute atomic E-state index is 0.00000992. The molecule has 0 spiro atoms. The van der Waals surface area contributed by atoms with Crippen LogP contribution in [0.3, 0.4) is 0 Å². The number of aliphatic hydroxyl groups excluding tert-OH is 1. The molecule has 0 amide bonds. The topological polar surface area (TPSA) is 73.3 Å². The van der Waals surface area contributed by atoms with Gasteiger partial charge in [-0.15, -0.1) is 0 Å². The lowest BCUT2D eigenvalue weighted by Gasteiger charge is -2.26. The summed E-state index contributed by atoms with van der Waals surface area (Å²) in [6.45, 7) is 2.49. The molecular formula is C11H22F3N3O. The van der Waals surface area contributed by atoms with Gasteiger partial charge in [-0.3, -0.25) is 10.3 Å². The van der Waals surface area contributed by atoms with Crippen molar-refractivity contribution in [3.63, 3.8) is 0 Å². The Morgan fingerprint density at radius 2 is 1.83 bits per heavy atom. The highest BCUT2D eigenvalue weighted by atomic mass is 19.4. The van der Waals surface area contributed by atoms with E-state index in [2.05, 4.69) is 0 Å². The lowest BCUT2D eigenvalue weighted by Crippen LogP contribution is -2.38. The number of hydrogen-bond donors (Lipinski definition) is 3. The third kappa shape index (κ3) is 7.50. The molecule has 4 N–H and O–H groups in total. The van der Waals surface area contributed by atoms with Crippen LogP contribution in [0.15, 0.2) is 0 Å². The smallest absolute Gasteiger partial charge is 0.395 e. The summed E-state index contributed by atoms with van der Waals surface area (Å²) in [6, 6.07) is 0. The van der Waals surface area contributed by atoms with Crippen molar-refractivity contribution in [2.75, 3.05) is 26.2 Å². The predicted molar refractivity (Wildman–Crippen MR) is 64.5 cm³/mol. The Bertz CT molecular complexity index is 267. The van der Waals surface area contributed by atoms with Crippen molar-refractivity contribution in [3.8, 4) is 0 Å². The van der Waals surface area contributed by atoms with Crippen LogP contribution in [-0.4, -0.2) is 48.3 Å². The van der Waals surface area contributed by atoms with Crippen LogP contribution in [0.25, 0.3) is 0 Å². The molecule has 0 aromatic carbocycles. The average molecular weight is 269 g/mol. The Hall–Kier alpha value is -0.820. The molecule has 0 rings (SSSR count). The fourth-order valence-electron chi connectivity index (χ4n) is 1.54. The summed E-state index contributed by atoms with van der Waals surface area (Å²) >= 11 is 0. The van der Waals surface area contributed by atoms with E-state index in [1.807, 2.05) is 0 Å². The van der Waals surface area contributed by atoms with Gasteiger partial charge in [0.15, 0.2) is 0 Å². The van der Waals surface area contributed by atoms with E-state index >= 15 is 0 Å². The zero-order chi connectivity index (χ0) is 14.4. The second-order valence-electron chi connectivity index (χ2n) is 5.02. The number of nitrogens with two attached hydrogens (primary N) is 1. The summed E-state index contributed by atoms with van der Waals surface area (Å²) in [6.07, 6.45) is -3.21. The van der Waals surface area contributed by atoms with Crippen molar-refractivity contribution >= 4 is 5.84 Å². The molecule has 0 aliphatic rings. The molecule has 0 unspecified atom stereocenters. The van der Waals surface area contributed by atoms with E-state index in [9.17, 15) is 13.2 Å². The van der Waals surface area contributed by atoms with Gasteiger partial charge in [0.2, 0.25) is 0 Å². The highest BCUT2D eigenvalue weighted by Gasteiger charge is 2.30. The highest BCUT2D eigenvalue weighted by Crippen LogP contribution is 2.22. The Morgan fingerprint density at radius 3 is 2.22 bits per heavy atom. The minimum Gasteiger partial charge on any atom is -0.395 e. The van der Waals surface area contributed by atoms with Gasteiger partial charge in [-0.1, -0.05) is 13.8 Å². The van der Waals surface area contributed by atoms with Crippen molar-refractivity contribution < 1.29 is 18.3 Å². The molecular weight excluding hydrogens is 247 g/mol. The number of alkyl halides is 3. The Morgan fingerprint density at radius 1 is 1.28 bits per heavy atom. The molecule has 0 aromatic rings. The summed E-state index contributed by atoms with van der Waals surface area (Å²) in [5.41, 5.74) is 4.90. The van der Waals surface area contributed by atoms with E-state index in [0.29, 0.717) is 12.8 Å². The van der Waals surface area contributed by atoms with Gasteiger partial charge in [0.25, 0.3) is 0 Å². The van der Waals surface area contributed by atoms with Gasteiger partial charge in [-0.2, -0.15) is 13.2 Å². The predicted octanol–water partition coefficient (Wildman–Crippen LogP) is 1.59. The fraction of sp³-hybridized carbons (Fsp3) is 0.909. The van der Waals surface area contributed by atoms with Crippen LogP contribution in [0.5, 0.6) is 0 Å². The maximum absolute atomic E-state index is 12.2. The van der Waals surface area contributed by atoms with Crippen molar-refractivity contribution in [1.82, 2.24) is 4.90 Å². The average Bonchev–Trinajstić information content (AvgIpc) is 2.14. The van der Waals surface area contributed by atoms with Crippen LogP contribution < -0.4 is 5.73 Å². The number of rotatable bonds is 8. The van der Waals surface area contributed by atoms with E-state index in [0.717, 1.165) is 4.90 Å². The van der Waals surface area contributed by atoms with E-state index in [1.54, 1.807) is 13.8 Å². The Balaban J connectivity index is 4.16. The molecule has 4 nitrogen and oxygen atoms in total. The monoisotopic (exact) mass is 269 g/mol. The maximum Gasteiger partial charge on any atom is 0.401 e. The Kier molecular flexibility index (Phi) is 6.62. The van der Waals surface area contributed by atoms with Gasteiger partial charge in [0, 0.05) is 12.0 Å². The van der Waals surface area contributed by atoms with Crippen LogP contribution in [0.1, 0.15) is 26.7 Å². The normalized spacial score (nSPS) is 13.1. The zero-order valence-corrected chi connectivity index (χ0v) is 10.8. The SMILES string of the molecule is CC(C)(CCCN(CCO)CC(F)(F)F)C(=N)N. The molecule has 0 saturated carbocycles. The molecule has 7 heteroatoms. The summed E-state index contributed by atoms with van der Waals surface area (Å²) in [4.78, 5) is 1.16. The van der Waals surface area contributed by atoms with Gasteiger partial charge in [-0.25, -0.2) is 0 Å². The largest absolute Gasteiger partial charge is 0.401 e. The van der Waals surface area contributed by atoms with Crippen LogP contribution in [-0.2, 0) is 0 Å². The van der Waals surface area contributed by atoms with E-state index in [1.165, 1.54) is 0 Å². The molecule has 0 aromatic heterocycles. The second-order valence-corrected chi connectivity index (χ2v) is 5.02. The molecule has 0 atom stereocenters. The van der Waals surface area contributed by atoms with Crippen LogP contribution >= 0.6 is 0 Å². The standard InChI is InChI=1S/C11H22F3N3O/c1-10(2,9(15)16)4-3-5-17(6-7-18)8-11(12,13)14/h18H,3-8H2,1-2H3,(H3,15,16). The number of amidine groups is 1. The van der Waals surface area contributed by atoms with Gasteiger partial charge >= 0.3 is 6.18 Å². The summed E-state index contributed by atoms with van der Waals surface area (Å²) in [5, 5.41) is 16.1. The highest BCUT2D eigenvalue weighted by molar-refractivity contribution is 5.82. The lowest BCUT2D eigenvalue weighted by atomic mass is 9.86. The molecule has 108 valence electrons. The number of nitrogens with zero attached hydrogens (tertiary/aromatic N) is 1. The van der Waals surface area contributed by atoms with Gasteiger partial charge in [-0.05, 0) is 19.4 Å². The number of aliphatic hydroxyl groups is 1. The van der Waals surface area contributed by atoms with Crippen LogP contribution in [0.2, 0.25) is 0 Å². The summed E-state index contributed by atoms with van der Waals surface area (Å²) in [5.74, 6) is 0.0343. The molecule has 0 aliphatic carbocycles. The van der Waals surface area contributed by atoms with E-state index < -0.39 is 18.1 Å². The van der Waals surface area contributed by atoms with Gasteiger partial charge < -0.3 is 10.8 Å². The molecule has 0 aliphatic heterocycles. The second kappa shape index (κ2) is 6.94. The van der Waals surface area contributed by atoms with Crippen LogP contribution in [0, 0.1) is 10.8 Å². The Labute approximate surface area is 105 Å². The fourth-order valence-corrected chi connectivity index (χ4v) is 1.54. The first kappa shape index (κ1) is 17.2. The van der Waals surface area contributed by atoms with E-state index in [-0.39, 0.29) is 25.5 Å². The van der Waals surface area contributed by atoms with Crippen molar-refractivity contribution in [2.24, 2.45) is 11.1 Å². The molecule has 0 fully saturated rings. The van der Waals surface area contributed by atoms with Gasteiger partial charge in [0.1, 0.15) is 0 Å².